The molecule has 0 radical (unpaired) electrons. The third-order valence-electron chi connectivity index (χ3n) is 6.24. The smallest absolute Gasteiger partial charge is 0.471 e. The highest BCUT2D eigenvalue weighted by Gasteiger charge is 2.39. The van der Waals surface area contributed by atoms with Gasteiger partial charge in [-0.15, -0.1) is 23.5 Å². The number of hydrogen-bond donors (Lipinski definition) is 4. The summed E-state index contributed by atoms with van der Waals surface area (Å²) < 4.78 is 37.4. The predicted octanol–water partition coefficient (Wildman–Crippen LogP) is 5.37. The number of halogens is 3. The zero-order valence-electron chi connectivity index (χ0n) is 20.0. The van der Waals surface area contributed by atoms with Crippen LogP contribution >= 0.6 is 23.5 Å². The van der Waals surface area contributed by atoms with Crippen LogP contribution in [0.25, 0.3) is 10.9 Å². The average Bonchev–Trinajstić information content (AvgIpc) is 3.35. The molecule has 198 valence electrons. The maximum absolute atomic E-state index is 12.5. The van der Waals surface area contributed by atoms with Crippen molar-refractivity contribution >= 4 is 46.0 Å². The zero-order chi connectivity index (χ0) is 26.5. The second kappa shape index (κ2) is 11.8. The maximum atomic E-state index is 12.5. The number of pyridine rings is 1. The van der Waals surface area contributed by atoms with E-state index in [1.54, 1.807) is 12.1 Å². The monoisotopic (exact) mass is 551 g/mol. The summed E-state index contributed by atoms with van der Waals surface area (Å²) >= 11 is 3.73. The number of phenols is 1. The number of nitrogens with one attached hydrogen (secondary N) is 3. The fourth-order valence-electron chi connectivity index (χ4n) is 4.39. The molecule has 3 aromatic rings. The number of aromatic hydroxyl groups is 1. The Morgan fingerprint density at radius 1 is 1.00 bits per heavy atom. The first-order chi connectivity index (χ1) is 17.7. The topological polar surface area (TPSA) is 94.2 Å². The molecule has 1 saturated heterocycles. The number of amides is 1. The van der Waals surface area contributed by atoms with Crippen LogP contribution in [0.2, 0.25) is 0 Å². The fourth-order valence-corrected chi connectivity index (χ4v) is 7.73. The number of benzene rings is 2. The number of unbranched alkanes of at least 4 members (excludes halogenated alkanes) is 1. The van der Waals surface area contributed by atoms with E-state index >= 15 is 0 Å². The van der Waals surface area contributed by atoms with Crippen molar-refractivity contribution in [3.8, 4) is 5.75 Å². The molecule has 1 fully saturated rings. The van der Waals surface area contributed by atoms with Crippen molar-refractivity contribution < 1.29 is 23.1 Å². The molecule has 11 heteroatoms. The zero-order valence-corrected chi connectivity index (χ0v) is 21.6. The van der Waals surface area contributed by atoms with E-state index in [-0.39, 0.29) is 21.1 Å². The molecule has 1 aliphatic heterocycles. The van der Waals surface area contributed by atoms with Gasteiger partial charge in [0, 0.05) is 28.6 Å². The van der Waals surface area contributed by atoms with Gasteiger partial charge in [0.25, 0.3) is 0 Å². The summed E-state index contributed by atoms with van der Waals surface area (Å²) in [5.41, 5.74) is 2.43. The number of aromatic nitrogens is 1. The molecular weight excluding hydrogens is 523 g/mol. The van der Waals surface area contributed by atoms with E-state index < -0.39 is 12.1 Å². The van der Waals surface area contributed by atoms with Crippen LogP contribution in [0.3, 0.4) is 0 Å². The molecular formula is C26H28F3N3O3S2. The Kier molecular flexibility index (Phi) is 8.76. The number of aromatic amines is 1. The van der Waals surface area contributed by atoms with Crippen LogP contribution in [-0.2, 0) is 15.3 Å². The standard InChI is InChI=1S/C26H28F3N3O3S2/c27-26(28,29)24(35)31-19-6-4-18(5-7-19)25(36-15-16-37-25)12-1-2-13-30-14-11-17-3-9-21(33)23-20(17)8-10-22(34)32-23/h3-10,30,33H,1-2,11-16H2,(H,31,35)(H,32,34). The average molecular weight is 552 g/mol. The molecule has 4 rings (SSSR count). The van der Waals surface area contributed by atoms with Crippen molar-refractivity contribution in [3.63, 3.8) is 0 Å². The molecule has 0 saturated carbocycles. The van der Waals surface area contributed by atoms with Crippen LogP contribution < -0.4 is 16.2 Å². The van der Waals surface area contributed by atoms with Crippen molar-refractivity contribution in [1.82, 2.24) is 10.3 Å². The van der Waals surface area contributed by atoms with E-state index in [0.717, 1.165) is 66.8 Å². The number of carbonyl (C=O) groups excluding carboxylic acids is 1. The number of alkyl halides is 3. The van der Waals surface area contributed by atoms with Crippen molar-refractivity contribution in [2.75, 3.05) is 29.9 Å². The van der Waals surface area contributed by atoms with Crippen LogP contribution in [0.5, 0.6) is 5.75 Å². The lowest BCUT2D eigenvalue weighted by molar-refractivity contribution is -0.167. The van der Waals surface area contributed by atoms with Gasteiger partial charge in [0.2, 0.25) is 5.56 Å². The molecule has 2 heterocycles. The first-order valence-corrected chi connectivity index (χ1v) is 14.0. The number of fused-ring (bicyclic) bond motifs is 1. The van der Waals surface area contributed by atoms with Crippen molar-refractivity contribution in [3.05, 3.63) is 70.0 Å². The van der Waals surface area contributed by atoms with Crippen molar-refractivity contribution in [1.29, 1.82) is 0 Å². The van der Waals surface area contributed by atoms with Crippen LogP contribution in [0.15, 0.2) is 53.3 Å². The lowest BCUT2D eigenvalue weighted by Crippen LogP contribution is -2.29. The van der Waals surface area contributed by atoms with E-state index in [1.807, 2.05) is 47.0 Å². The molecule has 0 unspecified atom stereocenters. The largest absolute Gasteiger partial charge is 0.506 e. The molecule has 2 aromatic carbocycles. The molecule has 0 spiro atoms. The summed E-state index contributed by atoms with van der Waals surface area (Å²) in [5, 5.41) is 16.2. The normalized spacial score (nSPS) is 15.2. The van der Waals surface area contributed by atoms with Gasteiger partial charge in [-0.1, -0.05) is 18.2 Å². The summed E-state index contributed by atoms with van der Waals surface area (Å²) in [6.45, 7) is 1.61. The lowest BCUT2D eigenvalue weighted by atomic mass is 10.0. The molecule has 1 aromatic heterocycles. The molecule has 6 nitrogen and oxygen atoms in total. The Morgan fingerprint density at radius 2 is 1.73 bits per heavy atom. The SMILES string of the molecule is O=C(Nc1ccc(C2(CCCCNCCc3ccc(O)c4[nH]c(=O)ccc34)SCCS2)cc1)C(F)(F)F. The second-order valence-electron chi connectivity index (χ2n) is 8.79. The van der Waals surface area contributed by atoms with Gasteiger partial charge in [-0.05, 0) is 74.2 Å². The Bertz CT molecular complexity index is 1290. The number of anilines is 1. The van der Waals surface area contributed by atoms with Gasteiger partial charge in [-0.2, -0.15) is 13.2 Å². The van der Waals surface area contributed by atoms with Gasteiger partial charge in [-0.25, -0.2) is 0 Å². The van der Waals surface area contributed by atoms with Crippen LogP contribution in [0.4, 0.5) is 18.9 Å². The number of rotatable bonds is 10. The number of H-pyrrole nitrogens is 1. The summed E-state index contributed by atoms with van der Waals surface area (Å²) in [7, 11) is 0. The molecule has 0 aliphatic carbocycles. The number of carbonyl (C=O) groups is 1. The van der Waals surface area contributed by atoms with Gasteiger partial charge >= 0.3 is 12.1 Å². The summed E-state index contributed by atoms with van der Waals surface area (Å²) in [5.74, 6) is 0.116. The minimum atomic E-state index is -4.91. The third-order valence-corrected chi connectivity index (χ3v) is 9.83. The Labute approximate surface area is 220 Å². The summed E-state index contributed by atoms with van der Waals surface area (Å²) in [6, 6.07) is 13.3. The second-order valence-corrected chi connectivity index (χ2v) is 11.8. The quantitative estimate of drug-likeness (QED) is 0.253. The number of hydrogen-bond acceptors (Lipinski definition) is 6. The Hall–Kier alpha value is -2.63. The number of phenolic OH excluding ortho intramolecular Hbond substituents is 1. The summed E-state index contributed by atoms with van der Waals surface area (Å²) in [4.78, 5) is 25.4. The first-order valence-electron chi connectivity index (χ1n) is 12.0. The molecule has 1 aliphatic rings. The number of thioether (sulfide) groups is 2. The van der Waals surface area contributed by atoms with E-state index in [2.05, 4.69) is 10.3 Å². The lowest BCUT2D eigenvalue weighted by Gasteiger charge is -2.28. The van der Waals surface area contributed by atoms with Gasteiger partial charge in [-0.3, -0.25) is 9.59 Å². The van der Waals surface area contributed by atoms with Gasteiger partial charge in [0.05, 0.1) is 9.60 Å². The van der Waals surface area contributed by atoms with Crippen LogP contribution in [-0.4, -0.2) is 46.8 Å². The van der Waals surface area contributed by atoms with E-state index in [1.165, 1.54) is 18.2 Å². The van der Waals surface area contributed by atoms with Gasteiger partial charge in [0.15, 0.2) is 0 Å². The maximum Gasteiger partial charge on any atom is 0.471 e. The minimum absolute atomic E-state index is 0.0571. The van der Waals surface area contributed by atoms with Crippen LogP contribution in [0.1, 0.15) is 30.4 Å². The molecule has 4 N–H and O–H groups in total. The minimum Gasteiger partial charge on any atom is -0.506 e. The highest BCUT2D eigenvalue weighted by molar-refractivity contribution is 8.20. The van der Waals surface area contributed by atoms with E-state index in [9.17, 15) is 27.9 Å². The summed E-state index contributed by atoms with van der Waals surface area (Å²) in [6.07, 6.45) is -1.25. The van der Waals surface area contributed by atoms with Gasteiger partial charge in [0.1, 0.15) is 5.75 Å². The highest BCUT2D eigenvalue weighted by Crippen LogP contribution is 2.55. The van der Waals surface area contributed by atoms with Crippen molar-refractivity contribution in [2.24, 2.45) is 0 Å². The van der Waals surface area contributed by atoms with E-state index in [0.29, 0.717) is 5.52 Å². The van der Waals surface area contributed by atoms with E-state index in [4.69, 9.17) is 0 Å². The third kappa shape index (κ3) is 6.82. The van der Waals surface area contributed by atoms with Crippen LogP contribution in [0, 0.1) is 0 Å². The van der Waals surface area contributed by atoms with Crippen molar-refractivity contribution in [2.45, 2.75) is 35.9 Å². The Morgan fingerprint density at radius 3 is 2.43 bits per heavy atom. The predicted molar refractivity (Wildman–Crippen MR) is 144 cm³/mol. The fraction of sp³-hybridized carbons (Fsp3) is 0.385. The molecule has 0 atom stereocenters. The molecule has 0 bridgehead atoms. The molecule has 37 heavy (non-hydrogen) atoms. The first kappa shape index (κ1) is 27.4. The van der Waals surface area contributed by atoms with Gasteiger partial charge < -0.3 is 20.7 Å². The Balaban J connectivity index is 1.25. The highest BCUT2D eigenvalue weighted by atomic mass is 32.2. The molecule has 1 amide bonds.